The van der Waals surface area contributed by atoms with E-state index >= 15 is 0 Å². The van der Waals surface area contributed by atoms with Gasteiger partial charge in [0.1, 0.15) is 5.54 Å². The second-order valence-corrected chi connectivity index (χ2v) is 7.93. The molecule has 0 aromatic heterocycles. The molecule has 1 atom stereocenters. The highest BCUT2D eigenvalue weighted by molar-refractivity contribution is 6.40. The van der Waals surface area contributed by atoms with E-state index in [1.54, 1.807) is 24.3 Å². The van der Waals surface area contributed by atoms with Crippen LogP contribution >= 0.6 is 24.0 Å². The predicted octanol–water partition coefficient (Wildman–Crippen LogP) is 3.18. The Morgan fingerprint density at radius 3 is 2.18 bits per heavy atom. The second kappa shape index (κ2) is 11.2. The van der Waals surface area contributed by atoms with Crippen molar-refractivity contribution in [3.05, 3.63) is 34.9 Å². The first kappa shape index (κ1) is 24.9. The van der Waals surface area contributed by atoms with Crippen molar-refractivity contribution in [3.8, 4) is 0 Å². The van der Waals surface area contributed by atoms with Crippen molar-refractivity contribution in [2.75, 3.05) is 0 Å². The van der Waals surface area contributed by atoms with Gasteiger partial charge in [0.15, 0.2) is 5.78 Å². The third-order valence-corrected chi connectivity index (χ3v) is 5.91. The summed E-state index contributed by atoms with van der Waals surface area (Å²) in [6.07, 6.45) is 3.94. The SMILES string of the molecule is Cl.NC(CCCCB(O)O)(C(=O)O)[C@H]1CC[C@@H](C(=O)c2ccc(Cl)cc2)CC1. The van der Waals surface area contributed by atoms with Gasteiger partial charge in [-0.2, -0.15) is 0 Å². The lowest BCUT2D eigenvalue weighted by Gasteiger charge is -2.38. The topological polar surface area (TPSA) is 121 Å². The van der Waals surface area contributed by atoms with Gasteiger partial charge in [0.2, 0.25) is 0 Å². The highest BCUT2D eigenvalue weighted by Crippen LogP contribution is 2.38. The number of unbranched alkanes of at least 4 members (excludes halogenated alkanes) is 1. The van der Waals surface area contributed by atoms with E-state index in [1.165, 1.54) is 0 Å². The summed E-state index contributed by atoms with van der Waals surface area (Å²) in [4.78, 5) is 24.5. The first-order valence-corrected chi connectivity index (χ1v) is 9.80. The molecule has 0 saturated heterocycles. The van der Waals surface area contributed by atoms with Gasteiger partial charge in [0.05, 0.1) is 0 Å². The quantitative estimate of drug-likeness (QED) is 0.270. The number of carbonyl (C=O) groups is 2. The average molecular weight is 432 g/mol. The predicted molar refractivity (Wildman–Crippen MR) is 112 cm³/mol. The van der Waals surface area contributed by atoms with E-state index in [1.807, 2.05) is 0 Å². The van der Waals surface area contributed by atoms with Gasteiger partial charge in [-0.3, -0.25) is 9.59 Å². The molecule has 0 spiro atoms. The molecule has 0 aliphatic heterocycles. The Labute approximate surface area is 177 Å². The third kappa shape index (κ3) is 6.46. The molecule has 1 unspecified atom stereocenters. The van der Waals surface area contributed by atoms with Crippen molar-refractivity contribution in [3.63, 3.8) is 0 Å². The zero-order valence-electron chi connectivity index (χ0n) is 15.7. The average Bonchev–Trinajstić information content (AvgIpc) is 2.65. The number of carboxylic acids is 1. The van der Waals surface area contributed by atoms with E-state index in [0.29, 0.717) is 49.1 Å². The molecule has 0 bridgehead atoms. The molecule has 156 valence electrons. The first-order valence-electron chi connectivity index (χ1n) is 9.42. The van der Waals surface area contributed by atoms with E-state index in [2.05, 4.69) is 0 Å². The Bertz CT molecular complexity index is 650. The highest BCUT2D eigenvalue weighted by atomic mass is 35.5. The summed E-state index contributed by atoms with van der Waals surface area (Å²) in [5.41, 5.74) is 5.55. The molecular weight excluding hydrogens is 404 g/mol. The third-order valence-electron chi connectivity index (χ3n) is 5.66. The van der Waals surface area contributed by atoms with Crippen molar-refractivity contribution < 1.29 is 24.7 Å². The molecule has 0 heterocycles. The van der Waals surface area contributed by atoms with Gasteiger partial charge in [-0.25, -0.2) is 0 Å². The van der Waals surface area contributed by atoms with E-state index in [9.17, 15) is 14.7 Å². The summed E-state index contributed by atoms with van der Waals surface area (Å²) in [5.74, 6) is -1.27. The number of rotatable bonds is 9. The Morgan fingerprint density at radius 1 is 1.11 bits per heavy atom. The maximum Gasteiger partial charge on any atom is 0.451 e. The molecule has 6 nitrogen and oxygen atoms in total. The van der Waals surface area contributed by atoms with Gasteiger partial charge in [0, 0.05) is 16.5 Å². The van der Waals surface area contributed by atoms with Gasteiger partial charge in [0.25, 0.3) is 0 Å². The van der Waals surface area contributed by atoms with Crippen LogP contribution in [0.15, 0.2) is 24.3 Å². The second-order valence-electron chi connectivity index (χ2n) is 7.49. The Morgan fingerprint density at radius 2 is 1.68 bits per heavy atom. The van der Waals surface area contributed by atoms with Crippen LogP contribution in [0.4, 0.5) is 0 Å². The number of ketones is 1. The number of halogens is 2. The summed E-state index contributed by atoms with van der Waals surface area (Å²) in [6.45, 7) is 0. The number of aliphatic carboxylic acids is 1. The number of carboxylic acid groups (broad SMARTS) is 1. The molecule has 28 heavy (non-hydrogen) atoms. The lowest BCUT2D eigenvalue weighted by molar-refractivity contribution is -0.146. The van der Waals surface area contributed by atoms with Crippen LogP contribution in [-0.2, 0) is 4.79 Å². The summed E-state index contributed by atoms with van der Waals surface area (Å²) < 4.78 is 0. The van der Waals surface area contributed by atoms with E-state index in [0.717, 1.165) is 0 Å². The minimum Gasteiger partial charge on any atom is -0.480 e. The fraction of sp³-hybridized carbons (Fsp3) is 0.579. The van der Waals surface area contributed by atoms with Crippen molar-refractivity contribution in [2.45, 2.75) is 56.8 Å². The Balaban J connectivity index is 0.00000392. The Hall–Kier alpha value is -1.12. The van der Waals surface area contributed by atoms with Crippen molar-refractivity contribution in [1.29, 1.82) is 0 Å². The first-order chi connectivity index (χ1) is 12.7. The summed E-state index contributed by atoms with van der Waals surface area (Å²) in [6, 6.07) is 6.83. The zero-order chi connectivity index (χ0) is 20.0. The van der Waals surface area contributed by atoms with E-state index in [4.69, 9.17) is 27.4 Å². The number of hydrogen-bond acceptors (Lipinski definition) is 5. The molecule has 1 aromatic rings. The van der Waals surface area contributed by atoms with Gasteiger partial charge >= 0.3 is 13.1 Å². The molecule has 1 fully saturated rings. The lowest BCUT2D eigenvalue weighted by Crippen LogP contribution is -2.55. The zero-order valence-corrected chi connectivity index (χ0v) is 17.3. The maximum atomic E-state index is 12.6. The lowest BCUT2D eigenvalue weighted by atomic mass is 9.68. The number of hydrogen-bond donors (Lipinski definition) is 4. The van der Waals surface area contributed by atoms with Crippen LogP contribution in [0.25, 0.3) is 0 Å². The van der Waals surface area contributed by atoms with Crippen molar-refractivity contribution in [2.24, 2.45) is 17.6 Å². The summed E-state index contributed by atoms with van der Waals surface area (Å²) in [5, 5.41) is 28.0. The number of Topliss-reactive ketones (excluding diaryl/α,β-unsaturated/α-hetero) is 1. The smallest absolute Gasteiger partial charge is 0.451 e. The van der Waals surface area contributed by atoms with Crippen LogP contribution in [0, 0.1) is 11.8 Å². The Kier molecular flexibility index (Phi) is 9.94. The fourth-order valence-electron chi connectivity index (χ4n) is 3.95. The molecule has 2 rings (SSSR count). The van der Waals surface area contributed by atoms with Gasteiger partial charge in [-0.05, 0) is 68.6 Å². The summed E-state index contributed by atoms with van der Waals surface area (Å²) >= 11 is 5.86. The van der Waals surface area contributed by atoms with Crippen LogP contribution in [0.5, 0.6) is 0 Å². The molecule has 1 saturated carbocycles. The van der Waals surface area contributed by atoms with E-state index < -0.39 is 18.6 Å². The van der Waals surface area contributed by atoms with Crippen LogP contribution < -0.4 is 5.73 Å². The monoisotopic (exact) mass is 431 g/mol. The molecule has 5 N–H and O–H groups in total. The molecule has 9 heteroatoms. The molecule has 0 radical (unpaired) electrons. The van der Waals surface area contributed by atoms with Crippen LogP contribution in [0.2, 0.25) is 11.3 Å². The molecule has 1 aromatic carbocycles. The minimum absolute atomic E-state index is 0. The number of benzene rings is 1. The molecular formula is C19H28BCl2NO5. The summed E-state index contributed by atoms with van der Waals surface area (Å²) in [7, 11) is -1.38. The van der Waals surface area contributed by atoms with Gasteiger partial charge in [-0.15, -0.1) is 12.4 Å². The van der Waals surface area contributed by atoms with E-state index in [-0.39, 0.29) is 42.8 Å². The van der Waals surface area contributed by atoms with Crippen molar-refractivity contribution in [1.82, 2.24) is 0 Å². The standard InChI is InChI=1S/C19H27BClNO5.ClH/c21-16-9-5-14(6-10-16)17(23)13-3-7-15(8-4-13)19(22,18(24)25)11-1-2-12-20(26)27;/h5-6,9-10,13,15,26-27H,1-4,7-8,11-12,22H2,(H,24,25);1H/t13-,15+,19?;. The van der Waals surface area contributed by atoms with Crippen LogP contribution in [-0.4, -0.2) is 39.6 Å². The largest absolute Gasteiger partial charge is 0.480 e. The van der Waals surface area contributed by atoms with Crippen LogP contribution in [0.1, 0.15) is 55.3 Å². The van der Waals surface area contributed by atoms with Gasteiger partial charge in [-0.1, -0.05) is 24.4 Å². The molecule has 0 amide bonds. The number of nitrogens with two attached hydrogens (primary N) is 1. The highest BCUT2D eigenvalue weighted by Gasteiger charge is 2.44. The fourth-order valence-corrected chi connectivity index (χ4v) is 4.08. The van der Waals surface area contributed by atoms with Crippen molar-refractivity contribution >= 4 is 42.9 Å². The number of carbonyl (C=O) groups excluding carboxylic acids is 1. The van der Waals surface area contributed by atoms with Crippen LogP contribution in [0.3, 0.4) is 0 Å². The molecule has 1 aliphatic carbocycles. The molecule has 1 aliphatic rings. The minimum atomic E-state index is -1.38. The normalized spacial score (nSPS) is 21.3. The maximum absolute atomic E-state index is 12.6. The van der Waals surface area contributed by atoms with Gasteiger partial charge < -0.3 is 20.9 Å².